The molecule has 0 N–H and O–H groups in total. The van der Waals surface area contributed by atoms with Crippen LogP contribution in [0.5, 0.6) is 0 Å². The number of hydrogen-bond donors (Lipinski definition) is 0. The first kappa shape index (κ1) is 15.3. The summed E-state index contributed by atoms with van der Waals surface area (Å²) in [7, 11) is 1.44. The molecular formula is C14H24N2O4. The van der Waals surface area contributed by atoms with E-state index in [1.807, 2.05) is 4.90 Å². The molecule has 1 amide bonds. The molecule has 2 heterocycles. The maximum atomic E-state index is 12.0. The second-order valence-corrected chi connectivity index (χ2v) is 5.41. The van der Waals surface area contributed by atoms with Crippen molar-refractivity contribution in [1.29, 1.82) is 0 Å². The van der Waals surface area contributed by atoms with Crippen LogP contribution in [0.25, 0.3) is 0 Å². The number of ether oxygens (including phenoxy) is 2. The number of likely N-dealkylation sites (tertiary alicyclic amines) is 1. The van der Waals surface area contributed by atoms with E-state index in [1.165, 1.54) is 7.11 Å². The van der Waals surface area contributed by atoms with Crippen molar-refractivity contribution >= 4 is 11.9 Å². The summed E-state index contributed by atoms with van der Waals surface area (Å²) in [5.41, 5.74) is 0. The summed E-state index contributed by atoms with van der Waals surface area (Å²) in [4.78, 5) is 27.5. The van der Waals surface area contributed by atoms with Gasteiger partial charge in [-0.15, -0.1) is 0 Å². The normalized spacial score (nSPS) is 23.9. The Hall–Kier alpha value is -1.14. The standard InChI is InChI=1S/C14H24N2O4/c1-19-14(18)12-4-6-15(11-12)5-2-3-13(17)16-7-9-20-10-8-16/h12H,2-11H2,1H3. The highest BCUT2D eigenvalue weighted by Gasteiger charge is 2.28. The second kappa shape index (κ2) is 7.59. The van der Waals surface area contributed by atoms with Crippen molar-refractivity contribution in [2.75, 3.05) is 53.0 Å². The molecule has 1 atom stereocenters. The summed E-state index contributed by atoms with van der Waals surface area (Å²) in [6.07, 6.45) is 2.30. The summed E-state index contributed by atoms with van der Waals surface area (Å²) in [6, 6.07) is 0. The molecule has 6 heteroatoms. The first-order valence-corrected chi connectivity index (χ1v) is 7.36. The van der Waals surface area contributed by atoms with E-state index in [-0.39, 0.29) is 17.8 Å². The zero-order valence-corrected chi connectivity index (χ0v) is 12.2. The quantitative estimate of drug-likeness (QED) is 0.671. The average molecular weight is 284 g/mol. The van der Waals surface area contributed by atoms with Gasteiger partial charge in [0.25, 0.3) is 0 Å². The van der Waals surface area contributed by atoms with Gasteiger partial charge in [0.2, 0.25) is 5.91 Å². The minimum absolute atomic E-state index is 0.00921. The third-order valence-electron chi connectivity index (χ3n) is 4.04. The molecule has 6 nitrogen and oxygen atoms in total. The molecule has 2 aliphatic rings. The van der Waals surface area contributed by atoms with Crippen molar-refractivity contribution in [1.82, 2.24) is 9.80 Å². The minimum Gasteiger partial charge on any atom is -0.469 e. The molecule has 114 valence electrons. The third kappa shape index (κ3) is 4.18. The lowest BCUT2D eigenvalue weighted by molar-refractivity contribution is -0.145. The summed E-state index contributed by atoms with van der Waals surface area (Å²) in [5, 5.41) is 0. The van der Waals surface area contributed by atoms with Crippen molar-refractivity contribution < 1.29 is 19.1 Å². The van der Waals surface area contributed by atoms with Gasteiger partial charge in [-0.25, -0.2) is 0 Å². The van der Waals surface area contributed by atoms with Gasteiger partial charge in [0, 0.05) is 26.1 Å². The predicted octanol–water partition coefficient (Wildman–Crippen LogP) is 0.120. The van der Waals surface area contributed by atoms with E-state index in [0.29, 0.717) is 32.7 Å². The van der Waals surface area contributed by atoms with E-state index >= 15 is 0 Å². The number of nitrogens with zero attached hydrogens (tertiary/aromatic N) is 2. The molecule has 2 aliphatic heterocycles. The number of esters is 1. The first-order chi connectivity index (χ1) is 9.70. The van der Waals surface area contributed by atoms with E-state index in [0.717, 1.165) is 32.5 Å². The van der Waals surface area contributed by atoms with Crippen LogP contribution in [0.4, 0.5) is 0 Å². The molecule has 0 bridgehead atoms. The van der Waals surface area contributed by atoms with Crippen LogP contribution in [0.3, 0.4) is 0 Å². The van der Waals surface area contributed by atoms with Crippen LogP contribution >= 0.6 is 0 Å². The Morgan fingerprint density at radius 3 is 2.70 bits per heavy atom. The Morgan fingerprint density at radius 2 is 2.00 bits per heavy atom. The van der Waals surface area contributed by atoms with Crippen molar-refractivity contribution in [3.8, 4) is 0 Å². The van der Waals surface area contributed by atoms with Crippen molar-refractivity contribution in [3.63, 3.8) is 0 Å². The molecule has 0 aromatic rings. The number of hydrogen-bond acceptors (Lipinski definition) is 5. The third-order valence-corrected chi connectivity index (χ3v) is 4.04. The average Bonchev–Trinajstić information content (AvgIpc) is 2.96. The molecule has 0 radical (unpaired) electrons. The fourth-order valence-electron chi connectivity index (χ4n) is 2.82. The second-order valence-electron chi connectivity index (χ2n) is 5.41. The van der Waals surface area contributed by atoms with Crippen LogP contribution in [-0.4, -0.2) is 74.7 Å². The largest absolute Gasteiger partial charge is 0.469 e. The smallest absolute Gasteiger partial charge is 0.310 e. The first-order valence-electron chi connectivity index (χ1n) is 7.36. The Morgan fingerprint density at radius 1 is 1.25 bits per heavy atom. The summed E-state index contributed by atoms with van der Waals surface area (Å²) in [5.74, 6) is 0.115. The van der Waals surface area contributed by atoms with Gasteiger partial charge in [0.15, 0.2) is 0 Å². The zero-order chi connectivity index (χ0) is 14.4. The lowest BCUT2D eigenvalue weighted by atomic mass is 10.1. The molecule has 2 saturated heterocycles. The predicted molar refractivity (Wildman–Crippen MR) is 73.2 cm³/mol. The van der Waals surface area contributed by atoms with E-state index in [1.54, 1.807) is 0 Å². The maximum absolute atomic E-state index is 12.0. The molecule has 2 rings (SSSR count). The maximum Gasteiger partial charge on any atom is 0.310 e. The number of amides is 1. The monoisotopic (exact) mass is 284 g/mol. The van der Waals surface area contributed by atoms with Crippen LogP contribution in [0, 0.1) is 5.92 Å². The molecule has 20 heavy (non-hydrogen) atoms. The molecule has 0 aliphatic carbocycles. The highest BCUT2D eigenvalue weighted by molar-refractivity contribution is 5.76. The Kier molecular flexibility index (Phi) is 5.79. The van der Waals surface area contributed by atoms with Gasteiger partial charge in [-0.3, -0.25) is 9.59 Å². The molecule has 0 spiro atoms. The van der Waals surface area contributed by atoms with Gasteiger partial charge in [0.05, 0.1) is 26.2 Å². The van der Waals surface area contributed by atoms with Gasteiger partial charge >= 0.3 is 5.97 Å². The summed E-state index contributed by atoms with van der Waals surface area (Å²) in [6.45, 7) is 5.30. The summed E-state index contributed by atoms with van der Waals surface area (Å²) >= 11 is 0. The van der Waals surface area contributed by atoms with E-state index < -0.39 is 0 Å². The number of carbonyl (C=O) groups is 2. The molecular weight excluding hydrogens is 260 g/mol. The highest BCUT2D eigenvalue weighted by Crippen LogP contribution is 2.18. The Balaban J connectivity index is 1.61. The Labute approximate surface area is 120 Å². The number of morpholine rings is 1. The highest BCUT2D eigenvalue weighted by atomic mass is 16.5. The Bertz CT molecular complexity index is 342. The van der Waals surface area contributed by atoms with E-state index in [4.69, 9.17) is 9.47 Å². The SMILES string of the molecule is COC(=O)C1CCN(CCCC(=O)N2CCOCC2)C1. The molecule has 0 aromatic heterocycles. The molecule has 1 unspecified atom stereocenters. The van der Waals surface area contributed by atoms with Crippen LogP contribution in [0.2, 0.25) is 0 Å². The van der Waals surface area contributed by atoms with Crippen LogP contribution in [0.1, 0.15) is 19.3 Å². The lowest BCUT2D eigenvalue weighted by Gasteiger charge is -2.27. The van der Waals surface area contributed by atoms with Gasteiger partial charge in [-0.05, 0) is 25.9 Å². The van der Waals surface area contributed by atoms with E-state index in [9.17, 15) is 9.59 Å². The zero-order valence-electron chi connectivity index (χ0n) is 12.2. The van der Waals surface area contributed by atoms with Crippen LogP contribution in [-0.2, 0) is 19.1 Å². The fourth-order valence-corrected chi connectivity index (χ4v) is 2.82. The van der Waals surface area contributed by atoms with Crippen LogP contribution in [0.15, 0.2) is 0 Å². The minimum atomic E-state index is -0.114. The van der Waals surface area contributed by atoms with E-state index in [2.05, 4.69) is 4.90 Å². The van der Waals surface area contributed by atoms with Crippen molar-refractivity contribution in [2.24, 2.45) is 5.92 Å². The number of rotatable bonds is 5. The van der Waals surface area contributed by atoms with Crippen molar-refractivity contribution in [3.05, 3.63) is 0 Å². The number of methoxy groups -OCH3 is 1. The van der Waals surface area contributed by atoms with Crippen LogP contribution < -0.4 is 0 Å². The topological polar surface area (TPSA) is 59.1 Å². The molecule has 0 aromatic carbocycles. The van der Waals surface area contributed by atoms with Gasteiger partial charge in [-0.2, -0.15) is 0 Å². The summed E-state index contributed by atoms with van der Waals surface area (Å²) < 4.78 is 10.0. The lowest BCUT2D eigenvalue weighted by Crippen LogP contribution is -2.40. The van der Waals surface area contributed by atoms with Gasteiger partial charge < -0.3 is 19.3 Å². The van der Waals surface area contributed by atoms with Gasteiger partial charge in [0.1, 0.15) is 0 Å². The number of carbonyl (C=O) groups excluding carboxylic acids is 2. The molecule has 0 saturated carbocycles. The molecule has 2 fully saturated rings. The van der Waals surface area contributed by atoms with Crippen molar-refractivity contribution in [2.45, 2.75) is 19.3 Å². The van der Waals surface area contributed by atoms with Gasteiger partial charge in [-0.1, -0.05) is 0 Å². The fraction of sp³-hybridized carbons (Fsp3) is 0.857.